The highest BCUT2D eigenvalue weighted by molar-refractivity contribution is 5.61. The van der Waals surface area contributed by atoms with E-state index in [0.29, 0.717) is 11.9 Å². The number of nitrogen functional groups attached to an aromatic ring is 1. The summed E-state index contributed by atoms with van der Waals surface area (Å²) in [5.41, 5.74) is 5.77. The van der Waals surface area contributed by atoms with Crippen molar-refractivity contribution in [1.82, 2.24) is 15.3 Å². The van der Waals surface area contributed by atoms with E-state index < -0.39 is 0 Å². The van der Waals surface area contributed by atoms with Gasteiger partial charge in [0, 0.05) is 19.1 Å². The van der Waals surface area contributed by atoms with Gasteiger partial charge in [-0.05, 0) is 19.4 Å². The molecule has 94 valence electrons. The van der Waals surface area contributed by atoms with Gasteiger partial charge in [-0.15, -0.1) is 0 Å². The van der Waals surface area contributed by atoms with Crippen LogP contribution in [-0.2, 0) is 0 Å². The molecule has 6 nitrogen and oxygen atoms in total. The molecule has 1 saturated heterocycles. The first-order chi connectivity index (χ1) is 8.24. The first kappa shape index (κ1) is 11.9. The number of nitrogens with one attached hydrogen (secondary N) is 2. The molecule has 0 saturated carbocycles. The summed E-state index contributed by atoms with van der Waals surface area (Å²) in [6.45, 7) is 4.91. The highest BCUT2D eigenvalue weighted by Crippen LogP contribution is 2.21. The van der Waals surface area contributed by atoms with E-state index in [1.165, 1.54) is 6.33 Å². The van der Waals surface area contributed by atoms with Crippen molar-refractivity contribution in [1.29, 1.82) is 0 Å². The fourth-order valence-corrected chi connectivity index (χ4v) is 2.24. The van der Waals surface area contributed by atoms with Crippen LogP contribution < -0.4 is 21.5 Å². The Hall–Kier alpha value is -1.56. The number of hydrogen-bond acceptors (Lipinski definition) is 5. The minimum Gasteiger partial charge on any atom is -0.391 e. The average molecular weight is 237 g/mol. The van der Waals surface area contributed by atoms with Crippen LogP contribution in [-0.4, -0.2) is 35.6 Å². The molecular weight excluding hydrogens is 218 g/mol. The number of aromatic nitrogens is 2. The summed E-state index contributed by atoms with van der Waals surface area (Å²) in [5.74, 6) is 0.615. The maximum atomic E-state index is 11.5. The lowest BCUT2D eigenvalue weighted by molar-refractivity contribution is 0.618. The quantitative estimate of drug-likeness (QED) is 0.682. The van der Waals surface area contributed by atoms with E-state index in [0.717, 1.165) is 32.5 Å². The Morgan fingerprint density at radius 3 is 3.12 bits per heavy atom. The third kappa shape index (κ3) is 2.41. The van der Waals surface area contributed by atoms with Crippen molar-refractivity contribution in [3.05, 3.63) is 16.7 Å². The van der Waals surface area contributed by atoms with Gasteiger partial charge in [-0.1, -0.05) is 6.92 Å². The Bertz CT molecular complexity index is 424. The number of hydrogen-bond donors (Lipinski definition) is 3. The van der Waals surface area contributed by atoms with Crippen molar-refractivity contribution in [2.75, 3.05) is 30.3 Å². The molecule has 0 radical (unpaired) electrons. The molecule has 1 aliphatic heterocycles. The van der Waals surface area contributed by atoms with Crippen molar-refractivity contribution < 1.29 is 0 Å². The third-order valence-corrected chi connectivity index (χ3v) is 3.08. The molecule has 4 N–H and O–H groups in total. The molecule has 1 aliphatic rings. The molecule has 17 heavy (non-hydrogen) atoms. The lowest BCUT2D eigenvalue weighted by atomic mass is 10.2. The minimum atomic E-state index is -0.262. The Morgan fingerprint density at radius 2 is 2.47 bits per heavy atom. The van der Waals surface area contributed by atoms with Gasteiger partial charge in [-0.25, -0.2) is 4.98 Å². The van der Waals surface area contributed by atoms with Gasteiger partial charge in [-0.3, -0.25) is 4.79 Å². The average Bonchev–Trinajstić information content (AvgIpc) is 2.84. The summed E-state index contributed by atoms with van der Waals surface area (Å²) in [4.78, 5) is 20.4. The summed E-state index contributed by atoms with van der Waals surface area (Å²) in [7, 11) is 0. The maximum Gasteiger partial charge on any atom is 0.276 e. The molecule has 1 atom stereocenters. The molecule has 0 bridgehead atoms. The van der Waals surface area contributed by atoms with Gasteiger partial charge in [0.05, 0.1) is 6.33 Å². The first-order valence-electron chi connectivity index (χ1n) is 6.04. The second kappa shape index (κ2) is 5.18. The van der Waals surface area contributed by atoms with Crippen LogP contribution in [0.25, 0.3) is 0 Å². The Kier molecular flexibility index (Phi) is 3.63. The van der Waals surface area contributed by atoms with Crippen LogP contribution in [0.1, 0.15) is 19.8 Å². The van der Waals surface area contributed by atoms with Gasteiger partial charge in [0.15, 0.2) is 5.82 Å². The summed E-state index contributed by atoms with van der Waals surface area (Å²) in [6.07, 6.45) is 3.48. The molecule has 0 aromatic carbocycles. The number of nitrogens with two attached hydrogens (primary N) is 1. The highest BCUT2D eigenvalue weighted by Gasteiger charge is 2.24. The van der Waals surface area contributed by atoms with Crippen molar-refractivity contribution >= 4 is 11.5 Å². The fourth-order valence-electron chi connectivity index (χ4n) is 2.24. The van der Waals surface area contributed by atoms with Crippen LogP contribution in [0, 0.1) is 0 Å². The van der Waals surface area contributed by atoms with Crippen LogP contribution in [0.3, 0.4) is 0 Å². The van der Waals surface area contributed by atoms with Crippen LogP contribution in [0.15, 0.2) is 11.1 Å². The molecule has 1 fully saturated rings. The van der Waals surface area contributed by atoms with E-state index in [4.69, 9.17) is 5.73 Å². The monoisotopic (exact) mass is 237 g/mol. The summed E-state index contributed by atoms with van der Waals surface area (Å²) < 4.78 is 0. The number of rotatable bonds is 4. The summed E-state index contributed by atoms with van der Waals surface area (Å²) in [5, 5.41) is 3.32. The predicted molar refractivity (Wildman–Crippen MR) is 68.2 cm³/mol. The van der Waals surface area contributed by atoms with E-state index in [1.807, 2.05) is 0 Å². The molecule has 2 heterocycles. The molecule has 0 aliphatic carbocycles. The zero-order valence-electron chi connectivity index (χ0n) is 10.1. The standard InChI is InChI=1S/C11H19N5O/c1-2-5-16(8-3-4-13-6-8)10-9(12)11(17)15-7-14-10/h7-8,13H,2-6,12H2,1H3,(H,14,15,17). The van der Waals surface area contributed by atoms with Gasteiger partial charge in [0.1, 0.15) is 5.69 Å². The Morgan fingerprint density at radius 1 is 1.65 bits per heavy atom. The van der Waals surface area contributed by atoms with Crippen molar-refractivity contribution in [3.8, 4) is 0 Å². The predicted octanol–water partition coefficient (Wildman–Crippen LogP) is -0.0696. The highest BCUT2D eigenvalue weighted by atomic mass is 16.1. The van der Waals surface area contributed by atoms with Crippen LogP contribution in [0.5, 0.6) is 0 Å². The maximum absolute atomic E-state index is 11.5. The van der Waals surface area contributed by atoms with E-state index >= 15 is 0 Å². The lowest BCUT2D eigenvalue weighted by Crippen LogP contribution is -2.39. The normalized spacial score (nSPS) is 19.5. The second-order valence-electron chi connectivity index (χ2n) is 4.31. The zero-order chi connectivity index (χ0) is 12.3. The number of nitrogens with zero attached hydrogens (tertiary/aromatic N) is 2. The molecule has 0 spiro atoms. The molecular formula is C11H19N5O. The van der Waals surface area contributed by atoms with Crippen LogP contribution in [0.4, 0.5) is 11.5 Å². The molecule has 6 heteroatoms. The first-order valence-corrected chi connectivity index (χ1v) is 6.04. The zero-order valence-corrected chi connectivity index (χ0v) is 10.1. The van der Waals surface area contributed by atoms with Gasteiger partial charge in [0.25, 0.3) is 5.56 Å². The van der Waals surface area contributed by atoms with Crippen LogP contribution >= 0.6 is 0 Å². The molecule has 1 aromatic rings. The second-order valence-corrected chi connectivity index (χ2v) is 4.31. The van der Waals surface area contributed by atoms with Crippen molar-refractivity contribution in [2.45, 2.75) is 25.8 Å². The fraction of sp³-hybridized carbons (Fsp3) is 0.636. The number of anilines is 2. The number of aromatic amines is 1. The van der Waals surface area contributed by atoms with Gasteiger partial charge in [-0.2, -0.15) is 0 Å². The van der Waals surface area contributed by atoms with E-state index in [2.05, 4.69) is 27.1 Å². The van der Waals surface area contributed by atoms with Gasteiger partial charge >= 0.3 is 0 Å². The van der Waals surface area contributed by atoms with Crippen LogP contribution in [0.2, 0.25) is 0 Å². The van der Waals surface area contributed by atoms with Gasteiger partial charge < -0.3 is 20.9 Å². The summed E-state index contributed by atoms with van der Waals surface area (Å²) >= 11 is 0. The van der Waals surface area contributed by atoms with E-state index in [-0.39, 0.29) is 11.2 Å². The smallest absolute Gasteiger partial charge is 0.276 e. The molecule has 1 unspecified atom stereocenters. The van der Waals surface area contributed by atoms with E-state index in [1.54, 1.807) is 0 Å². The van der Waals surface area contributed by atoms with E-state index in [9.17, 15) is 4.79 Å². The minimum absolute atomic E-state index is 0.216. The SMILES string of the molecule is CCCN(c1nc[nH]c(=O)c1N)C1CCNC1. The topological polar surface area (TPSA) is 87.0 Å². The Labute approximate surface area is 100 Å². The Balaban J connectivity index is 2.31. The van der Waals surface area contributed by atoms with Crippen molar-refractivity contribution in [3.63, 3.8) is 0 Å². The van der Waals surface area contributed by atoms with Gasteiger partial charge in [0.2, 0.25) is 0 Å². The molecule has 0 amide bonds. The third-order valence-electron chi connectivity index (χ3n) is 3.08. The summed E-state index contributed by atoms with van der Waals surface area (Å²) in [6, 6.07) is 0.381. The largest absolute Gasteiger partial charge is 0.391 e. The lowest BCUT2D eigenvalue weighted by Gasteiger charge is -2.29. The number of H-pyrrole nitrogens is 1. The molecule has 2 rings (SSSR count). The van der Waals surface area contributed by atoms with Crippen molar-refractivity contribution in [2.24, 2.45) is 0 Å². The molecule has 1 aromatic heterocycles.